The van der Waals surface area contributed by atoms with Gasteiger partial charge in [-0.25, -0.2) is 0 Å². The van der Waals surface area contributed by atoms with Gasteiger partial charge in [0.1, 0.15) is 6.04 Å². The van der Waals surface area contributed by atoms with Crippen LogP contribution in [0.15, 0.2) is 0 Å². The summed E-state index contributed by atoms with van der Waals surface area (Å²) in [7, 11) is 0. The van der Waals surface area contributed by atoms with Crippen LogP contribution in [0.1, 0.15) is 38.5 Å². The summed E-state index contributed by atoms with van der Waals surface area (Å²) >= 11 is 0. The van der Waals surface area contributed by atoms with Crippen LogP contribution in [0.2, 0.25) is 0 Å². The molecule has 6 nitrogen and oxygen atoms in total. The second-order valence-electron chi connectivity index (χ2n) is 5.39. The van der Waals surface area contributed by atoms with Gasteiger partial charge < -0.3 is 15.7 Å². The number of carbonyl (C=O) groups excluding carboxylic acids is 2. The molecule has 106 valence electrons. The van der Waals surface area contributed by atoms with Gasteiger partial charge in [0.15, 0.2) is 0 Å². The van der Waals surface area contributed by atoms with Crippen molar-refractivity contribution < 1.29 is 19.5 Å². The minimum absolute atomic E-state index is 0.126. The Labute approximate surface area is 111 Å². The van der Waals surface area contributed by atoms with E-state index in [0.717, 1.165) is 12.8 Å². The van der Waals surface area contributed by atoms with Crippen molar-refractivity contribution in [1.82, 2.24) is 10.6 Å². The molecule has 2 rings (SSSR count). The van der Waals surface area contributed by atoms with Crippen LogP contribution in [-0.2, 0) is 14.4 Å². The van der Waals surface area contributed by atoms with Crippen molar-refractivity contribution in [3.05, 3.63) is 0 Å². The van der Waals surface area contributed by atoms with E-state index >= 15 is 0 Å². The van der Waals surface area contributed by atoms with E-state index in [1.165, 1.54) is 0 Å². The van der Waals surface area contributed by atoms with Crippen molar-refractivity contribution >= 4 is 17.8 Å². The summed E-state index contributed by atoms with van der Waals surface area (Å²) in [6, 6.07) is -0.459. The maximum Gasteiger partial charge on any atom is 0.306 e. The molecule has 1 saturated heterocycles. The smallest absolute Gasteiger partial charge is 0.306 e. The van der Waals surface area contributed by atoms with Crippen molar-refractivity contribution in [2.45, 2.75) is 44.6 Å². The van der Waals surface area contributed by atoms with E-state index in [9.17, 15) is 14.4 Å². The molecule has 0 radical (unpaired) electrons. The van der Waals surface area contributed by atoms with Gasteiger partial charge in [-0.05, 0) is 38.5 Å². The molecule has 6 heteroatoms. The quantitative estimate of drug-likeness (QED) is 0.684. The molecule has 2 aliphatic rings. The van der Waals surface area contributed by atoms with Gasteiger partial charge in [0, 0.05) is 12.5 Å². The summed E-state index contributed by atoms with van der Waals surface area (Å²) in [5, 5.41) is 14.5. The zero-order valence-corrected chi connectivity index (χ0v) is 10.9. The molecule has 2 fully saturated rings. The molecule has 19 heavy (non-hydrogen) atoms. The van der Waals surface area contributed by atoms with E-state index in [1.54, 1.807) is 0 Å². The average Bonchev–Trinajstić information content (AvgIpc) is 2.78. The van der Waals surface area contributed by atoms with E-state index in [-0.39, 0.29) is 17.7 Å². The monoisotopic (exact) mass is 268 g/mol. The van der Waals surface area contributed by atoms with Crippen LogP contribution in [0, 0.1) is 11.8 Å². The highest BCUT2D eigenvalue weighted by Crippen LogP contribution is 2.31. The van der Waals surface area contributed by atoms with Gasteiger partial charge in [-0.2, -0.15) is 0 Å². The van der Waals surface area contributed by atoms with Crippen LogP contribution in [0.4, 0.5) is 0 Å². The molecule has 0 aromatic carbocycles. The predicted molar refractivity (Wildman–Crippen MR) is 67.3 cm³/mol. The topological polar surface area (TPSA) is 95.5 Å². The van der Waals surface area contributed by atoms with E-state index in [0.29, 0.717) is 32.2 Å². The van der Waals surface area contributed by atoms with Gasteiger partial charge in [-0.1, -0.05) is 0 Å². The van der Waals surface area contributed by atoms with Gasteiger partial charge in [-0.15, -0.1) is 0 Å². The molecule has 1 heterocycles. The fraction of sp³-hybridized carbons (Fsp3) is 0.769. The lowest BCUT2D eigenvalue weighted by molar-refractivity contribution is -0.141. The van der Waals surface area contributed by atoms with Crippen molar-refractivity contribution in [3.63, 3.8) is 0 Å². The Bertz CT molecular complexity index is 383. The van der Waals surface area contributed by atoms with Gasteiger partial charge in [0.05, 0.1) is 5.92 Å². The lowest BCUT2D eigenvalue weighted by atomic mass is 10.0. The Morgan fingerprint density at radius 2 is 1.89 bits per heavy atom. The minimum Gasteiger partial charge on any atom is -0.481 e. The van der Waals surface area contributed by atoms with E-state index in [2.05, 4.69) is 10.6 Å². The zero-order valence-electron chi connectivity index (χ0n) is 10.9. The first-order valence-electron chi connectivity index (χ1n) is 6.89. The van der Waals surface area contributed by atoms with Gasteiger partial charge >= 0.3 is 5.97 Å². The molecule has 1 saturated carbocycles. The van der Waals surface area contributed by atoms with Gasteiger partial charge in [0.2, 0.25) is 11.8 Å². The Hall–Kier alpha value is -1.59. The average molecular weight is 268 g/mol. The number of hydrogen-bond acceptors (Lipinski definition) is 3. The third kappa shape index (κ3) is 3.45. The third-order valence-electron chi connectivity index (χ3n) is 4.00. The molecule has 0 aromatic heterocycles. The summed E-state index contributed by atoms with van der Waals surface area (Å²) in [5.74, 6) is -1.82. The standard InChI is InChI=1S/C13H20N2O4/c16-11(8-4-5-9(7-8)13(18)19)15-10-3-1-2-6-14-12(10)17/h8-10H,1-7H2,(H,14,17)(H,15,16)(H,18,19). The normalized spacial score (nSPS) is 31.4. The van der Waals surface area contributed by atoms with Crippen LogP contribution >= 0.6 is 0 Å². The number of amides is 2. The Balaban J connectivity index is 1.87. The maximum absolute atomic E-state index is 12.1. The molecule has 3 N–H and O–H groups in total. The number of carboxylic acid groups (broad SMARTS) is 1. The summed E-state index contributed by atoms with van der Waals surface area (Å²) in [6.07, 6.45) is 4.03. The molecule has 0 aromatic rings. The number of carboxylic acids is 1. The van der Waals surface area contributed by atoms with E-state index in [4.69, 9.17) is 5.11 Å². The van der Waals surface area contributed by atoms with Gasteiger partial charge in [0.25, 0.3) is 0 Å². The van der Waals surface area contributed by atoms with Crippen LogP contribution in [0.3, 0.4) is 0 Å². The molecule has 1 aliphatic heterocycles. The highest BCUT2D eigenvalue weighted by atomic mass is 16.4. The number of carbonyl (C=O) groups is 3. The molecule has 3 unspecified atom stereocenters. The van der Waals surface area contributed by atoms with E-state index in [1.807, 2.05) is 0 Å². The highest BCUT2D eigenvalue weighted by Gasteiger charge is 2.35. The predicted octanol–water partition coefficient (Wildman–Crippen LogP) is 0.272. The Morgan fingerprint density at radius 3 is 2.58 bits per heavy atom. The lowest BCUT2D eigenvalue weighted by Crippen LogP contribution is -2.47. The molecule has 1 aliphatic carbocycles. The van der Waals surface area contributed by atoms with E-state index < -0.39 is 17.9 Å². The van der Waals surface area contributed by atoms with Crippen LogP contribution in [0.5, 0.6) is 0 Å². The number of rotatable bonds is 3. The number of aliphatic carboxylic acids is 1. The maximum atomic E-state index is 12.1. The Kier molecular flexibility index (Phi) is 4.39. The summed E-state index contributed by atoms with van der Waals surface area (Å²) in [4.78, 5) is 34.6. The SMILES string of the molecule is O=C(O)C1CCC(C(=O)NC2CCCCNC2=O)C1. The highest BCUT2D eigenvalue weighted by molar-refractivity contribution is 5.89. The third-order valence-corrected chi connectivity index (χ3v) is 4.00. The van der Waals surface area contributed by atoms with Crippen LogP contribution in [0.25, 0.3) is 0 Å². The van der Waals surface area contributed by atoms with Crippen molar-refractivity contribution in [2.75, 3.05) is 6.54 Å². The first-order chi connectivity index (χ1) is 9.08. The summed E-state index contributed by atoms with van der Waals surface area (Å²) < 4.78 is 0. The van der Waals surface area contributed by atoms with Crippen molar-refractivity contribution in [3.8, 4) is 0 Å². The zero-order chi connectivity index (χ0) is 13.8. The van der Waals surface area contributed by atoms with Crippen molar-refractivity contribution in [2.24, 2.45) is 11.8 Å². The molecular formula is C13H20N2O4. The lowest BCUT2D eigenvalue weighted by Gasteiger charge is -2.18. The van der Waals surface area contributed by atoms with Crippen LogP contribution < -0.4 is 10.6 Å². The molecule has 0 spiro atoms. The summed E-state index contributed by atoms with van der Waals surface area (Å²) in [6.45, 7) is 0.662. The van der Waals surface area contributed by atoms with Crippen molar-refractivity contribution in [1.29, 1.82) is 0 Å². The molecule has 2 amide bonds. The second kappa shape index (κ2) is 6.04. The molecule has 3 atom stereocenters. The largest absolute Gasteiger partial charge is 0.481 e. The second-order valence-corrected chi connectivity index (χ2v) is 5.39. The van der Waals surface area contributed by atoms with Crippen LogP contribution in [-0.4, -0.2) is 35.5 Å². The molecule has 0 bridgehead atoms. The first-order valence-corrected chi connectivity index (χ1v) is 6.89. The molecular weight excluding hydrogens is 248 g/mol. The Morgan fingerprint density at radius 1 is 1.16 bits per heavy atom. The number of nitrogens with one attached hydrogen (secondary N) is 2. The minimum atomic E-state index is -0.831. The number of hydrogen-bond donors (Lipinski definition) is 3. The fourth-order valence-corrected chi connectivity index (χ4v) is 2.81. The summed E-state index contributed by atoms with van der Waals surface area (Å²) in [5.41, 5.74) is 0. The fourth-order valence-electron chi connectivity index (χ4n) is 2.81. The first kappa shape index (κ1) is 13.8. The van der Waals surface area contributed by atoms with Gasteiger partial charge in [-0.3, -0.25) is 14.4 Å².